The molecule has 1 amide bonds. The van der Waals surface area contributed by atoms with Crippen molar-refractivity contribution in [3.8, 4) is 11.3 Å². The van der Waals surface area contributed by atoms with Crippen LogP contribution in [-0.4, -0.2) is 34.2 Å². The first-order valence-corrected chi connectivity index (χ1v) is 8.81. The van der Waals surface area contributed by atoms with Gasteiger partial charge in [-0.05, 0) is 31.2 Å². The molecule has 1 unspecified atom stereocenters. The SMILES string of the molecule is Cc1cc(-c2cnoc2C2CCCN(C(=O)c3cccs3)C2)on1. The maximum Gasteiger partial charge on any atom is 0.263 e. The summed E-state index contributed by atoms with van der Waals surface area (Å²) in [6.07, 6.45) is 3.57. The molecule has 3 aromatic heterocycles. The first-order valence-electron chi connectivity index (χ1n) is 7.93. The van der Waals surface area contributed by atoms with Crippen LogP contribution in [0.1, 0.15) is 39.9 Å². The third-order valence-electron chi connectivity index (χ3n) is 4.30. The quantitative estimate of drug-likeness (QED) is 0.725. The third-order valence-corrected chi connectivity index (χ3v) is 5.16. The van der Waals surface area contributed by atoms with Crippen LogP contribution in [0.3, 0.4) is 0 Å². The van der Waals surface area contributed by atoms with Crippen LogP contribution in [0.15, 0.2) is 38.8 Å². The molecule has 4 rings (SSSR count). The van der Waals surface area contributed by atoms with Crippen LogP contribution in [0.25, 0.3) is 11.3 Å². The molecular formula is C17H17N3O3S. The van der Waals surface area contributed by atoms with Gasteiger partial charge in [0.2, 0.25) is 0 Å². The van der Waals surface area contributed by atoms with Crippen molar-refractivity contribution in [2.24, 2.45) is 0 Å². The lowest BCUT2D eigenvalue weighted by Crippen LogP contribution is -2.38. The van der Waals surface area contributed by atoms with Crippen molar-refractivity contribution in [3.63, 3.8) is 0 Å². The summed E-state index contributed by atoms with van der Waals surface area (Å²) in [5, 5.41) is 9.79. The minimum Gasteiger partial charge on any atom is -0.360 e. The predicted molar refractivity (Wildman–Crippen MR) is 88.9 cm³/mol. The van der Waals surface area contributed by atoms with E-state index in [0.29, 0.717) is 12.3 Å². The molecule has 0 bridgehead atoms. The van der Waals surface area contributed by atoms with Crippen LogP contribution in [0.5, 0.6) is 0 Å². The largest absolute Gasteiger partial charge is 0.360 e. The van der Waals surface area contributed by atoms with Crippen LogP contribution in [0.2, 0.25) is 0 Å². The molecule has 7 heteroatoms. The molecule has 1 aliphatic heterocycles. The second kappa shape index (κ2) is 6.24. The number of likely N-dealkylation sites (tertiary alicyclic amines) is 1. The summed E-state index contributed by atoms with van der Waals surface area (Å²) >= 11 is 1.48. The minimum atomic E-state index is 0.0891. The van der Waals surface area contributed by atoms with Crippen LogP contribution < -0.4 is 0 Å². The molecule has 0 radical (unpaired) electrons. The molecule has 124 valence electrons. The lowest BCUT2D eigenvalue weighted by Gasteiger charge is -2.31. The Kier molecular flexibility index (Phi) is 3.93. The number of aromatic nitrogens is 2. The molecule has 0 aromatic carbocycles. The molecule has 0 spiro atoms. The van der Waals surface area contributed by atoms with Crippen molar-refractivity contribution in [1.82, 2.24) is 15.2 Å². The van der Waals surface area contributed by atoms with Gasteiger partial charge in [-0.25, -0.2) is 0 Å². The van der Waals surface area contributed by atoms with Gasteiger partial charge in [0.05, 0.1) is 22.3 Å². The molecule has 1 fully saturated rings. The number of rotatable bonds is 3. The molecule has 0 saturated carbocycles. The first kappa shape index (κ1) is 15.1. The van der Waals surface area contributed by atoms with Crippen LogP contribution in [0.4, 0.5) is 0 Å². The van der Waals surface area contributed by atoms with Crippen LogP contribution in [0, 0.1) is 6.92 Å². The Bertz CT molecular complexity index is 837. The molecule has 1 aliphatic rings. The van der Waals surface area contributed by atoms with E-state index in [4.69, 9.17) is 9.05 Å². The van der Waals surface area contributed by atoms with Gasteiger partial charge in [-0.15, -0.1) is 11.3 Å². The van der Waals surface area contributed by atoms with Gasteiger partial charge in [0.1, 0.15) is 0 Å². The highest BCUT2D eigenvalue weighted by Gasteiger charge is 2.30. The van der Waals surface area contributed by atoms with E-state index in [1.54, 1.807) is 6.20 Å². The van der Waals surface area contributed by atoms with Gasteiger partial charge in [0, 0.05) is 25.1 Å². The van der Waals surface area contributed by atoms with E-state index in [1.807, 2.05) is 35.4 Å². The van der Waals surface area contributed by atoms with E-state index in [1.165, 1.54) is 11.3 Å². The number of amides is 1. The number of hydrogen-bond donors (Lipinski definition) is 0. The van der Waals surface area contributed by atoms with Crippen LogP contribution in [-0.2, 0) is 0 Å². The number of carbonyl (C=O) groups excluding carboxylic acids is 1. The molecule has 0 N–H and O–H groups in total. The fraction of sp³-hybridized carbons (Fsp3) is 0.353. The molecular weight excluding hydrogens is 326 g/mol. The molecule has 1 saturated heterocycles. The summed E-state index contributed by atoms with van der Waals surface area (Å²) in [7, 11) is 0. The Labute approximate surface area is 143 Å². The summed E-state index contributed by atoms with van der Waals surface area (Å²) in [6.45, 7) is 3.28. The van der Waals surface area contributed by atoms with Gasteiger partial charge in [0.15, 0.2) is 11.5 Å². The lowest BCUT2D eigenvalue weighted by atomic mass is 9.92. The zero-order valence-corrected chi connectivity index (χ0v) is 14.1. The van der Waals surface area contributed by atoms with Crippen molar-refractivity contribution in [1.29, 1.82) is 0 Å². The topological polar surface area (TPSA) is 72.4 Å². The number of piperidine rings is 1. The van der Waals surface area contributed by atoms with Gasteiger partial charge >= 0.3 is 0 Å². The van der Waals surface area contributed by atoms with Crippen molar-refractivity contribution in [3.05, 3.63) is 46.1 Å². The fourth-order valence-corrected chi connectivity index (χ4v) is 3.84. The van der Waals surface area contributed by atoms with E-state index in [-0.39, 0.29) is 11.8 Å². The van der Waals surface area contributed by atoms with Gasteiger partial charge in [-0.3, -0.25) is 4.79 Å². The number of thiophene rings is 1. The monoisotopic (exact) mass is 343 g/mol. The molecule has 4 heterocycles. The summed E-state index contributed by atoms with van der Waals surface area (Å²) in [4.78, 5) is 15.3. The zero-order valence-electron chi connectivity index (χ0n) is 13.3. The highest BCUT2D eigenvalue weighted by molar-refractivity contribution is 7.12. The van der Waals surface area contributed by atoms with E-state index >= 15 is 0 Å². The average Bonchev–Trinajstić information content (AvgIpc) is 3.35. The summed E-state index contributed by atoms with van der Waals surface area (Å²) in [6, 6.07) is 5.64. The molecule has 3 aromatic rings. The zero-order chi connectivity index (χ0) is 16.5. The Morgan fingerprint density at radius 3 is 3.08 bits per heavy atom. The summed E-state index contributed by atoms with van der Waals surface area (Å²) in [5.74, 6) is 1.64. The maximum atomic E-state index is 12.6. The second-order valence-corrected chi connectivity index (χ2v) is 6.95. The number of carbonyl (C=O) groups is 1. The number of nitrogens with zero attached hydrogens (tertiary/aromatic N) is 3. The highest BCUT2D eigenvalue weighted by atomic mass is 32.1. The normalized spacial score (nSPS) is 18.0. The third kappa shape index (κ3) is 2.75. The Morgan fingerprint density at radius 1 is 1.42 bits per heavy atom. The average molecular weight is 343 g/mol. The van der Waals surface area contributed by atoms with Gasteiger partial charge < -0.3 is 13.9 Å². The molecule has 0 aliphatic carbocycles. The van der Waals surface area contributed by atoms with E-state index < -0.39 is 0 Å². The fourth-order valence-electron chi connectivity index (χ4n) is 3.15. The Hall–Kier alpha value is -2.41. The molecule has 6 nitrogen and oxygen atoms in total. The Balaban J connectivity index is 1.57. The minimum absolute atomic E-state index is 0.0891. The lowest BCUT2D eigenvalue weighted by molar-refractivity contribution is 0.0703. The summed E-state index contributed by atoms with van der Waals surface area (Å²) < 4.78 is 10.9. The maximum absolute atomic E-state index is 12.6. The van der Waals surface area contributed by atoms with Crippen molar-refractivity contribution < 1.29 is 13.8 Å². The highest BCUT2D eigenvalue weighted by Crippen LogP contribution is 2.35. The first-order chi connectivity index (χ1) is 11.7. The van der Waals surface area contributed by atoms with E-state index in [0.717, 1.165) is 41.3 Å². The van der Waals surface area contributed by atoms with Gasteiger partial charge in [-0.2, -0.15) is 0 Å². The van der Waals surface area contributed by atoms with Crippen molar-refractivity contribution in [2.45, 2.75) is 25.7 Å². The molecule has 1 atom stereocenters. The number of aryl methyl sites for hydroxylation is 1. The van der Waals surface area contributed by atoms with E-state index in [9.17, 15) is 4.79 Å². The Morgan fingerprint density at radius 2 is 2.33 bits per heavy atom. The van der Waals surface area contributed by atoms with Crippen molar-refractivity contribution in [2.75, 3.05) is 13.1 Å². The molecule has 24 heavy (non-hydrogen) atoms. The van der Waals surface area contributed by atoms with E-state index in [2.05, 4.69) is 10.3 Å². The number of hydrogen-bond acceptors (Lipinski definition) is 6. The summed E-state index contributed by atoms with van der Waals surface area (Å²) in [5.41, 5.74) is 1.64. The van der Waals surface area contributed by atoms with Crippen molar-refractivity contribution >= 4 is 17.2 Å². The van der Waals surface area contributed by atoms with Gasteiger partial charge in [-0.1, -0.05) is 16.4 Å². The smallest absolute Gasteiger partial charge is 0.263 e. The van der Waals surface area contributed by atoms with Crippen LogP contribution >= 0.6 is 11.3 Å². The van der Waals surface area contributed by atoms with Gasteiger partial charge in [0.25, 0.3) is 5.91 Å². The standard InChI is InChI=1S/C17H17N3O3S/c1-11-8-14(22-19-11)13-9-18-23-16(13)12-4-2-6-20(10-12)17(21)15-5-3-7-24-15/h3,5,7-9,12H,2,4,6,10H2,1H3. The predicted octanol–water partition coefficient (Wildman–Crippen LogP) is 3.72. The second-order valence-electron chi connectivity index (χ2n) is 6.00.